The van der Waals surface area contributed by atoms with Gasteiger partial charge in [0.25, 0.3) is 0 Å². The predicted molar refractivity (Wildman–Crippen MR) is 107 cm³/mol. The average molecular weight is 361 g/mol. The summed E-state index contributed by atoms with van der Waals surface area (Å²) in [5, 5.41) is 1.01. The van der Waals surface area contributed by atoms with E-state index in [4.69, 9.17) is 4.74 Å². The van der Waals surface area contributed by atoms with Gasteiger partial charge in [0.05, 0.1) is 16.5 Å². The minimum Gasteiger partial charge on any atom is -0.470 e. The highest BCUT2D eigenvalue weighted by atomic mass is 32.1. The number of ether oxygens (including phenoxy) is 1. The number of thiazole rings is 1. The van der Waals surface area contributed by atoms with Crippen molar-refractivity contribution >= 4 is 33.7 Å². The Labute approximate surface area is 156 Å². The van der Waals surface area contributed by atoms with Gasteiger partial charge in [0.15, 0.2) is 6.23 Å². The summed E-state index contributed by atoms with van der Waals surface area (Å²) in [4.78, 5) is 8.71. The lowest BCUT2D eigenvalue weighted by atomic mass is 10.2. The van der Waals surface area contributed by atoms with Crippen LogP contribution in [-0.4, -0.2) is 14.5 Å². The molecule has 130 valence electrons. The van der Waals surface area contributed by atoms with E-state index in [0.717, 1.165) is 28.3 Å². The van der Waals surface area contributed by atoms with Crippen LogP contribution in [0.4, 0.5) is 0 Å². The minimum absolute atomic E-state index is 0.0401. The van der Waals surface area contributed by atoms with Gasteiger partial charge in [-0.3, -0.25) is 0 Å². The van der Waals surface area contributed by atoms with Crippen LogP contribution in [0.3, 0.4) is 0 Å². The third kappa shape index (κ3) is 3.68. The van der Waals surface area contributed by atoms with Crippen molar-refractivity contribution in [3.63, 3.8) is 0 Å². The fourth-order valence-electron chi connectivity index (χ4n) is 2.74. The molecule has 2 aromatic carbocycles. The number of hydrogen-bond donors (Lipinski definition) is 0. The highest BCUT2D eigenvalue weighted by Crippen LogP contribution is 2.24. The molecule has 0 saturated carbocycles. The maximum absolute atomic E-state index is 6.05. The van der Waals surface area contributed by atoms with Crippen LogP contribution in [0.2, 0.25) is 0 Å². The Morgan fingerprint density at radius 2 is 1.96 bits per heavy atom. The SMILES string of the molecule is CCC(Oc1ccc(/C=C/c2nc3ccccc3s2)cc1)n1ccnc1. The van der Waals surface area contributed by atoms with Crippen LogP contribution in [0.15, 0.2) is 67.3 Å². The van der Waals surface area contributed by atoms with Crippen molar-refractivity contribution in [3.8, 4) is 5.75 Å². The van der Waals surface area contributed by atoms with Gasteiger partial charge in [-0.15, -0.1) is 11.3 Å². The zero-order chi connectivity index (χ0) is 17.8. The van der Waals surface area contributed by atoms with Crippen molar-refractivity contribution in [2.24, 2.45) is 0 Å². The van der Waals surface area contributed by atoms with E-state index in [1.807, 2.05) is 41.1 Å². The molecule has 0 aliphatic rings. The van der Waals surface area contributed by atoms with Crippen LogP contribution in [0.5, 0.6) is 5.75 Å². The van der Waals surface area contributed by atoms with Crippen molar-refractivity contribution < 1.29 is 4.74 Å². The van der Waals surface area contributed by atoms with Crippen LogP contribution in [0.25, 0.3) is 22.4 Å². The van der Waals surface area contributed by atoms with Gasteiger partial charge in [-0.05, 0) is 35.9 Å². The molecule has 0 radical (unpaired) electrons. The highest BCUT2D eigenvalue weighted by molar-refractivity contribution is 7.19. The molecule has 0 bridgehead atoms. The molecule has 0 N–H and O–H groups in total. The number of imidazole rings is 1. The van der Waals surface area contributed by atoms with Crippen molar-refractivity contribution in [3.05, 3.63) is 77.8 Å². The first-order valence-electron chi connectivity index (χ1n) is 8.59. The van der Waals surface area contributed by atoms with Gasteiger partial charge in [0.2, 0.25) is 0 Å². The number of para-hydroxylation sites is 1. The number of nitrogens with zero attached hydrogens (tertiary/aromatic N) is 3. The Morgan fingerprint density at radius 1 is 1.12 bits per heavy atom. The molecule has 0 fully saturated rings. The molecule has 4 nitrogen and oxygen atoms in total. The fraction of sp³-hybridized carbons (Fsp3) is 0.143. The summed E-state index contributed by atoms with van der Waals surface area (Å²) in [7, 11) is 0. The van der Waals surface area contributed by atoms with E-state index in [1.165, 1.54) is 4.70 Å². The summed E-state index contributed by atoms with van der Waals surface area (Å²) >= 11 is 1.70. The van der Waals surface area contributed by atoms with Gasteiger partial charge in [0, 0.05) is 18.8 Å². The molecule has 2 aromatic heterocycles. The monoisotopic (exact) mass is 361 g/mol. The van der Waals surface area contributed by atoms with E-state index in [2.05, 4.69) is 47.2 Å². The van der Waals surface area contributed by atoms with Gasteiger partial charge in [-0.1, -0.05) is 37.3 Å². The molecule has 4 aromatic rings. The first-order chi connectivity index (χ1) is 12.8. The van der Waals surface area contributed by atoms with Crippen LogP contribution < -0.4 is 4.74 Å². The minimum atomic E-state index is -0.0401. The van der Waals surface area contributed by atoms with Crippen molar-refractivity contribution in [1.29, 1.82) is 0 Å². The summed E-state index contributed by atoms with van der Waals surface area (Å²) in [6, 6.07) is 16.3. The van der Waals surface area contributed by atoms with Gasteiger partial charge in [-0.2, -0.15) is 0 Å². The number of benzene rings is 2. The number of hydrogen-bond acceptors (Lipinski definition) is 4. The second-order valence-electron chi connectivity index (χ2n) is 5.91. The van der Waals surface area contributed by atoms with Crippen LogP contribution >= 0.6 is 11.3 Å². The average Bonchev–Trinajstić information content (AvgIpc) is 3.34. The van der Waals surface area contributed by atoms with E-state index in [-0.39, 0.29) is 6.23 Å². The normalized spacial score (nSPS) is 12.7. The maximum atomic E-state index is 6.05. The lowest BCUT2D eigenvalue weighted by Gasteiger charge is -2.18. The smallest absolute Gasteiger partial charge is 0.176 e. The molecule has 5 heteroatoms. The van der Waals surface area contributed by atoms with E-state index in [0.29, 0.717) is 0 Å². The molecular weight excluding hydrogens is 342 g/mol. The Hall–Kier alpha value is -2.92. The molecule has 0 saturated heterocycles. The summed E-state index contributed by atoms with van der Waals surface area (Å²) < 4.78 is 9.24. The van der Waals surface area contributed by atoms with E-state index < -0.39 is 0 Å². The molecule has 4 rings (SSSR count). The first-order valence-corrected chi connectivity index (χ1v) is 9.41. The molecule has 1 unspecified atom stereocenters. The molecule has 2 heterocycles. The maximum Gasteiger partial charge on any atom is 0.176 e. The van der Waals surface area contributed by atoms with Gasteiger partial charge in [-0.25, -0.2) is 9.97 Å². The third-order valence-electron chi connectivity index (χ3n) is 4.09. The molecule has 0 aliphatic carbocycles. The second-order valence-corrected chi connectivity index (χ2v) is 6.98. The Bertz CT molecular complexity index is 970. The Balaban J connectivity index is 1.45. The molecule has 0 amide bonds. The van der Waals surface area contributed by atoms with Crippen LogP contribution in [-0.2, 0) is 0 Å². The van der Waals surface area contributed by atoms with Crippen molar-refractivity contribution in [2.45, 2.75) is 19.6 Å². The Kier molecular flexibility index (Phi) is 4.80. The lowest BCUT2D eigenvalue weighted by molar-refractivity contribution is 0.127. The van der Waals surface area contributed by atoms with Gasteiger partial charge >= 0.3 is 0 Å². The molecule has 0 aliphatic heterocycles. The lowest BCUT2D eigenvalue weighted by Crippen LogP contribution is -2.13. The van der Waals surface area contributed by atoms with E-state index >= 15 is 0 Å². The fourth-order valence-corrected chi connectivity index (χ4v) is 3.61. The predicted octanol–water partition coefficient (Wildman–Crippen LogP) is 5.65. The summed E-state index contributed by atoms with van der Waals surface area (Å²) in [5.74, 6) is 0.850. The van der Waals surface area contributed by atoms with Gasteiger partial charge in [0.1, 0.15) is 10.8 Å². The summed E-state index contributed by atoms with van der Waals surface area (Å²) in [5.41, 5.74) is 2.17. The Morgan fingerprint density at radius 3 is 2.69 bits per heavy atom. The number of fused-ring (bicyclic) bond motifs is 1. The van der Waals surface area contributed by atoms with Crippen molar-refractivity contribution in [1.82, 2.24) is 14.5 Å². The topological polar surface area (TPSA) is 39.9 Å². The van der Waals surface area contributed by atoms with Gasteiger partial charge < -0.3 is 9.30 Å². The molecule has 26 heavy (non-hydrogen) atoms. The number of rotatable bonds is 6. The summed E-state index contributed by atoms with van der Waals surface area (Å²) in [6.45, 7) is 2.10. The van der Waals surface area contributed by atoms with Crippen LogP contribution in [0, 0.1) is 0 Å². The largest absolute Gasteiger partial charge is 0.470 e. The quantitative estimate of drug-likeness (QED) is 0.445. The third-order valence-corrected chi connectivity index (χ3v) is 5.09. The standard InChI is InChI=1S/C21H19N3OS/c1-2-21(24-14-13-22-15-24)25-17-10-7-16(8-11-17)9-12-20-23-18-5-3-4-6-19(18)26-20/h3-15,21H,2H2,1H3/b12-9+. The second kappa shape index (κ2) is 7.54. The van der Waals surface area contributed by atoms with E-state index in [1.54, 1.807) is 23.9 Å². The zero-order valence-electron chi connectivity index (χ0n) is 14.4. The zero-order valence-corrected chi connectivity index (χ0v) is 15.3. The van der Waals surface area contributed by atoms with Crippen molar-refractivity contribution in [2.75, 3.05) is 0 Å². The number of aromatic nitrogens is 3. The molecular formula is C21H19N3OS. The summed E-state index contributed by atoms with van der Waals surface area (Å²) in [6.07, 6.45) is 10.4. The van der Waals surface area contributed by atoms with E-state index in [9.17, 15) is 0 Å². The molecule has 1 atom stereocenters. The molecule has 0 spiro atoms. The van der Waals surface area contributed by atoms with Crippen LogP contribution in [0.1, 0.15) is 30.1 Å². The first kappa shape index (κ1) is 16.5. The highest BCUT2D eigenvalue weighted by Gasteiger charge is 2.09.